The van der Waals surface area contributed by atoms with E-state index < -0.39 is 24.2 Å². The Hall–Kier alpha value is -3.02. The highest BCUT2D eigenvalue weighted by molar-refractivity contribution is 7.80. The SMILES string of the molecule is COc1ccc([C@H]2C[C@H](C(F)(F)F)n3ncc(C(=O)NNC(=S)NCC(C)C)c3N2)cc1. The van der Waals surface area contributed by atoms with E-state index in [0.29, 0.717) is 23.8 Å². The number of nitrogens with one attached hydrogen (secondary N) is 4. The number of thiocarbonyl (C=S) groups is 1. The number of benzene rings is 1. The molecule has 0 saturated carbocycles. The van der Waals surface area contributed by atoms with Gasteiger partial charge in [-0.15, -0.1) is 0 Å². The predicted octanol–water partition coefficient (Wildman–Crippen LogP) is 3.32. The third kappa shape index (κ3) is 5.42. The molecule has 32 heavy (non-hydrogen) atoms. The molecule has 1 aliphatic heterocycles. The minimum Gasteiger partial charge on any atom is -0.497 e. The lowest BCUT2D eigenvalue weighted by Gasteiger charge is -2.34. The second kappa shape index (κ2) is 9.63. The fourth-order valence-corrected chi connectivity index (χ4v) is 3.44. The Morgan fingerprint density at radius 2 is 2.00 bits per heavy atom. The van der Waals surface area contributed by atoms with E-state index in [4.69, 9.17) is 17.0 Å². The molecule has 0 spiro atoms. The van der Waals surface area contributed by atoms with Gasteiger partial charge >= 0.3 is 6.18 Å². The van der Waals surface area contributed by atoms with Crippen LogP contribution in [0.25, 0.3) is 0 Å². The molecule has 1 aromatic heterocycles. The van der Waals surface area contributed by atoms with Gasteiger partial charge in [0.05, 0.1) is 19.3 Å². The smallest absolute Gasteiger partial charge is 0.410 e. The van der Waals surface area contributed by atoms with Crippen molar-refractivity contribution in [3.05, 3.63) is 41.6 Å². The first-order valence-electron chi connectivity index (χ1n) is 9.99. The maximum Gasteiger partial charge on any atom is 0.410 e. The minimum atomic E-state index is -4.54. The largest absolute Gasteiger partial charge is 0.497 e. The molecule has 0 unspecified atom stereocenters. The molecule has 1 amide bonds. The maximum atomic E-state index is 13.8. The third-order valence-electron chi connectivity index (χ3n) is 4.96. The Labute approximate surface area is 188 Å². The van der Waals surface area contributed by atoms with Crippen molar-refractivity contribution in [1.29, 1.82) is 0 Å². The normalized spacial score (nSPS) is 17.8. The number of fused-ring (bicyclic) bond motifs is 1. The summed E-state index contributed by atoms with van der Waals surface area (Å²) in [6.45, 7) is 4.59. The Bertz CT molecular complexity index is 961. The van der Waals surface area contributed by atoms with E-state index in [9.17, 15) is 18.0 Å². The summed E-state index contributed by atoms with van der Waals surface area (Å²) in [7, 11) is 1.51. The number of ether oxygens (including phenoxy) is 1. The lowest BCUT2D eigenvalue weighted by molar-refractivity contribution is -0.173. The molecular weight excluding hydrogens is 445 g/mol. The maximum absolute atomic E-state index is 13.8. The second-order valence-corrected chi connectivity index (χ2v) is 8.21. The first-order valence-corrected chi connectivity index (χ1v) is 10.4. The van der Waals surface area contributed by atoms with Crippen molar-refractivity contribution in [3.8, 4) is 5.75 Å². The number of hydrogen-bond acceptors (Lipinski definition) is 5. The fourth-order valence-electron chi connectivity index (χ4n) is 3.31. The molecule has 1 aromatic carbocycles. The molecule has 174 valence electrons. The van der Waals surface area contributed by atoms with Crippen LogP contribution in [-0.2, 0) is 0 Å². The molecular formula is C20H25F3N6O2S. The first kappa shape index (κ1) is 23.6. The zero-order chi connectivity index (χ0) is 23.5. The van der Waals surface area contributed by atoms with Crippen LogP contribution in [0.3, 0.4) is 0 Å². The number of halogens is 3. The monoisotopic (exact) mass is 470 g/mol. The molecule has 2 atom stereocenters. The average molecular weight is 471 g/mol. The highest BCUT2D eigenvalue weighted by atomic mass is 32.1. The third-order valence-corrected chi connectivity index (χ3v) is 5.21. The molecule has 0 saturated heterocycles. The minimum absolute atomic E-state index is 0.0141. The molecule has 3 rings (SSSR count). The van der Waals surface area contributed by atoms with Gasteiger partial charge in [0.15, 0.2) is 11.2 Å². The van der Waals surface area contributed by atoms with Crippen LogP contribution in [-0.4, -0.2) is 40.6 Å². The van der Waals surface area contributed by atoms with Crippen LogP contribution in [0.15, 0.2) is 30.5 Å². The van der Waals surface area contributed by atoms with E-state index in [1.807, 2.05) is 13.8 Å². The number of hydrazine groups is 1. The van der Waals surface area contributed by atoms with Crippen molar-refractivity contribution in [1.82, 2.24) is 25.9 Å². The number of aromatic nitrogens is 2. The number of rotatable bonds is 5. The van der Waals surface area contributed by atoms with Crippen LogP contribution in [0.1, 0.15) is 48.3 Å². The van der Waals surface area contributed by atoms with Crippen molar-refractivity contribution >= 4 is 29.1 Å². The number of amides is 1. The van der Waals surface area contributed by atoms with Crippen molar-refractivity contribution in [2.24, 2.45) is 5.92 Å². The van der Waals surface area contributed by atoms with Gasteiger partial charge in [-0.1, -0.05) is 26.0 Å². The van der Waals surface area contributed by atoms with Gasteiger partial charge in [-0.3, -0.25) is 15.6 Å². The molecule has 8 nitrogen and oxygen atoms in total. The number of alkyl halides is 3. The lowest BCUT2D eigenvalue weighted by Crippen LogP contribution is -2.47. The average Bonchev–Trinajstić information content (AvgIpc) is 3.18. The predicted molar refractivity (Wildman–Crippen MR) is 117 cm³/mol. The van der Waals surface area contributed by atoms with Crippen LogP contribution in [0.2, 0.25) is 0 Å². The first-order chi connectivity index (χ1) is 15.1. The van der Waals surface area contributed by atoms with Gasteiger partial charge in [0.1, 0.15) is 17.1 Å². The summed E-state index contributed by atoms with van der Waals surface area (Å²) < 4.78 is 47.3. The number of carbonyl (C=O) groups excluding carboxylic acids is 1. The Kier molecular flexibility index (Phi) is 7.12. The number of methoxy groups -OCH3 is 1. The summed E-state index contributed by atoms with van der Waals surface area (Å²) in [5, 5.41) is 10.00. The highest BCUT2D eigenvalue weighted by Gasteiger charge is 2.47. The van der Waals surface area contributed by atoms with Crippen LogP contribution in [0, 0.1) is 5.92 Å². The molecule has 4 N–H and O–H groups in total. The van der Waals surface area contributed by atoms with E-state index in [1.165, 1.54) is 7.11 Å². The Morgan fingerprint density at radius 1 is 1.31 bits per heavy atom. The zero-order valence-corrected chi connectivity index (χ0v) is 18.6. The van der Waals surface area contributed by atoms with E-state index in [-0.39, 0.29) is 22.9 Å². The molecule has 1 aliphatic rings. The van der Waals surface area contributed by atoms with Gasteiger partial charge in [0.25, 0.3) is 5.91 Å². The van der Waals surface area contributed by atoms with E-state index >= 15 is 0 Å². The molecule has 2 heterocycles. The van der Waals surface area contributed by atoms with Gasteiger partial charge in [0.2, 0.25) is 0 Å². The van der Waals surface area contributed by atoms with Gasteiger partial charge in [-0.05, 0) is 35.8 Å². The number of carbonyl (C=O) groups is 1. The van der Waals surface area contributed by atoms with Crippen LogP contribution < -0.4 is 26.2 Å². The van der Waals surface area contributed by atoms with E-state index in [1.54, 1.807) is 24.3 Å². The standard InChI is InChI=1S/C20H25F3N6O2S/c1-11(2)9-24-19(32)28-27-18(30)14-10-25-29-16(20(21,22)23)8-15(26-17(14)29)12-4-6-13(31-3)7-5-12/h4-7,10-11,15-16,26H,8-9H2,1-3H3,(H,27,30)(H2,24,28,32)/t15-,16-/m1/s1. The molecule has 0 aliphatic carbocycles. The summed E-state index contributed by atoms with van der Waals surface area (Å²) in [5.41, 5.74) is 5.55. The second-order valence-electron chi connectivity index (χ2n) is 7.80. The topological polar surface area (TPSA) is 92.2 Å². The molecule has 12 heteroatoms. The van der Waals surface area contributed by atoms with E-state index in [0.717, 1.165) is 10.9 Å². The summed E-state index contributed by atoms with van der Waals surface area (Å²) in [5.74, 6) is 0.255. The van der Waals surface area contributed by atoms with Crippen molar-refractivity contribution in [2.75, 3.05) is 19.0 Å². The van der Waals surface area contributed by atoms with Gasteiger partial charge < -0.3 is 15.4 Å². The lowest BCUT2D eigenvalue weighted by atomic mass is 9.96. The van der Waals surface area contributed by atoms with Crippen molar-refractivity contribution in [3.63, 3.8) is 0 Å². The molecule has 0 bridgehead atoms. The summed E-state index contributed by atoms with van der Waals surface area (Å²) >= 11 is 5.08. The van der Waals surface area contributed by atoms with Crippen LogP contribution in [0.4, 0.5) is 19.0 Å². The van der Waals surface area contributed by atoms with Crippen molar-refractivity contribution in [2.45, 2.75) is 38.5 Å². The van der Waals surface area contributed by atoms with Gasteiger partial charge in [-0.25, -0.2) is 4.68 Å². The quantitative estimate of drug-likeness (QED) is 0.394. The Morgan fingerprint density at radius 3 is 2.59 bits per heavy atom. The number of hydrogen-bond donors (Lipinski definition) is 4. The van der Waals surface area contributed by atoms with Crippen molar-refractivity contribution < 1.29 is 22.7 Å². The van der Waals surface area contributed by atoms with Gasteiger partial charge in [-0.2, -0.15) is 18.3 Å². The van der Waals surface area contributed by atoms with Gasteiger partial charge in [0, 0.05) is 13.0 Å². The zero-order valence-electron chi connectivity index (χ0n) is 17.8. The molecule has 0 fully saturated rings. The van der Waals surface area contributed by atoms with Crippen LogP contribution >= 0.6 is 12.2 Å². The molecule has 2 aromatic rings. The fraction of sp³-hybridized carbons (Fsp3) is 0.450. The Balaban J connectivity index is 1.81. The highest BCUT2D eigenvalue weighted by Crippen LogP contribution is 2.44. The summed E-state index contributed by atoms with van der Waals surface area (Å²) in [6, 6.07) is 4.17. The summed E-state index contributed by atoms with van der Waals surface area (Å²) in [6.07, 6.45) is -3.70. The molecule has 0 radical (unpaired) electrons. The number of anilines is 1. The summed E-state index contributed by atoms with van der Waals surface area (Å²) in [4.78, 5) is 12.7. The number of nitrogens with zero attached hydrogens (tertiary/aromatic N) is 2. The van der Waals surface area contributed by atoms with E-state index in [2.05, 4.69) is 26.6 Å². The van der Waals surface area contributed by atoms with Crippen LogP contribution in [0.5, 0.6) is 5.75 Å².